The monoisotopic (exact) mass is 254 g/mol. The molecule has 0 aliphatic rings. The van der Waals surface area contributed by atoms with Crippen molar-refractivity contribution in [2.45, 2.75) is 52.6 Å². The summed E-state index contributed by atoms with van der Waals surface area (Å²) in [6.45, 7) is 4.92. The predicted molar refractivity (Wildman–Crippen MR) is 59.5 cm³/mol. The molecule has 2 nitrogen and oxygen atoms in total. The lowest BCUT2D eigenvalue weighted by Crippen LogP contribution is -2.34. The van der Waals surface area contributed by atoms with E-state index in [0.717, 1.165) is 13.3 Å². The molecule has 0 saturated heterocycles. The molecule has 0 heterocycles. The van der Waals surface area contributed by atoms with Crippen molar-refractivity contribution < 1.29 is 22.7 Å². The van der Waals surface area contributed by atoms with Crippen LogP contribution in [0, 0.1) is 11.8 Å². The fraction of sp³-hybridized carbons (Fsp3) is 0.917. The fourth-order valence-corrected chi connectivity index (χ4v) is 1.53. The standard InChI is InChI=1S/C12H21F3O2/c1-4-6-7-10(9(3)12(13,14)15)11(16)17-8-5-2/h9-10H,4-8H2,1-3H3. The van der Waals surface area contributed by atoms with Gasteiger partial charge in [-0.05, 0) is 12.8 Å². The van der Waals surface area contributed by atoms with Crippen LogP contribution >= 0.6 is 0 Å². The first-order valence-corrected chi connectivity index (χ1v) is 6.07. The van der Waals surface area contributed by atoms with Crippen LogP contribution in [0.2, 0.25) is 0 Å². The molecule has 102 valence electrons. The van der Waals surface area contributed by atoms with Crippen LogP contribution in [0.1, 0.15) is 46.5 Å². The van der Waals surface area contributed by atoms with Crippen molar-refractivity contribution in [3.05, 3.63) is 0 Å². The minimum absolute atomic E-state index is 0.187. The van der Waals surface area contributed by atoms with Crippen molar-refractivity contribution in [3.8, 4) is 0 Å². The summed E-state index contributed by atoms with van der Waals surface area (Å²) >= 11 is 0. The number of esters is 1. The van der Waals surface area contributed by atoms with E-state index in [2.05, 4.69) is 0 Å². The molecule has 0 radical (unpaired) electrons. The van der Waals surface area contributed by atoms with Gasteiger partial charge in [0.1, 0.15) is 0 Å². The lowest BCUT2D eigenvalue weighted by Gasteiger charge is -2.24. The third kappa shape index (κ3) is 5.94. The Morgan fingerprint density at radius 2 is 1.82 bits per heavy atom. The van der Waals surface area contributed by atoms with E-state index < -0.39 is 24.0 Å². The molecular formula is C12H21F3O2. The third-order valence-corrected chi connectivity index (χ3v) is 2.74. The number of halogens is 3. The summed E-state index contributed by atoms with van der Waals surface area (Å²) < 4.78 is 42.6. The highest BCUT2D eigenvalue weighted by atomic mass is 19.4. The summed E-state index contributed by atoms with van der Waals surface area (Å²) in [5, 5.41) is 0. The molecule has 2 atom stereocenters. The van der Waals surface area contributed by atoms with Crippen LogP contribution in [-0.2, 0) is 9.53 Å². The Morgan fingerprint density at radius 1 is 1.24 bits per heavy atom. The Kier molecular flexibility index (Phi) is 7.23. The number of hydrogen-bond acceptors (Lipinski definition) is 2. The summed E-state index contributed by atoms with van der Waals surface area (Å²) in [7, 11) is 0. The average molecular weight is 254 g/mol. The molecule has 5 heteroatoms. The van der Waals surface area contributed by atoms with Crippen LogP contribution in [0.25, 0.3) is 0 Å². The zero-order valence-electron chi connectivity index (χ0n) is 10.6. The Morgan fingerprint density at radius 3 is 2.24 bits per heavy atom. The summed E-state index contributed by atoms with van der Waals surface area (Å²) in [6.07, 6.45) is -2.12. The summed E-state index contributed by atoms with van der Waals surface area (Å²) in [5.74, 6) is -3.43. The quantitative estimate of drug-likeness (QED) is 0.643. The Labute approximate surface area is 101 Å². The zero-order chi connectivity index (χ0) is 13.5. The number of hydrogen-bond donors (Lipinski definition) is 0. The SMILES string of the molecule is CCCCC(C(=O)OCCC)C(C)C(F)(F)F. The van der Waals surface area contributed by atoms with Crippen LogP contribution in [0.3, 0.4) is 0 Å². The highest BCUT2D eigenvalue weighted by Gasteiger charge is 2.44. The fourth-order valence-electron chi connectivity index (χ4n) is 1.53. The van der Waals surface area contributed by atoms with E-state index in [-0.39, 0.29) is 13.0 Å². The van der Waals surface area contributed by atoms with Gasteiger partial charge in [0, 0.05) is 0 Å². The first-order valence-electron chi connectivity index (χ1n) is 6.07. The van der Waals surface area contributed by atoms with Crippen LogP contribution in [0.5, 0.6) is 0 Å². The van der Waals surface area contributed by atoms with Gasteiger partial charge in [0.25, 0.3) is 0 Å². The molecule has 0 aromatic rings. The molecule has 0 bridgehead atoms. The molecule has 0 rings (SSSR count). The number of carbonyl (C=O) groups excluding carboxylic acids is 1. The van der Waals surface area contributed by atoms with Gasteiger partial charge in [-0.15, -0.1) is 0 Å². The average Bonchev–Trinajstić information content (AvgIpc) is 2.25. The number of carbonyl (C=O) groups is 1. The number of rotatable bonds is 7. The molecular weight excluding hydrogens is 233 g/mol. The van der Waals surface area contributed by atoms with Gasteiger partial charge < -0.3 is 4.74 Å². The van der Waals surface area contributed by atoms with Gasteiger partial charge in [-0.25, -0.2) is 0 Å². The smallest absolute Gasteiger partial charge is 0.392 e. The minimum Gasteiger partial charge on any atom is -0.465 e. The van der Waals surface area contributed by atoms with Gasteiger partial charge in [-0.2, -0.15) is 13.2 Å². The van der Waals surface area contributed by atoms with Gasteiger partial charge in [-0.3, -0.25) is 4.79 Å². The maximum atomic E-state index is 12.6. The second-order valence-electron chi connectivity index (χ2n) is 4.25. The van der Waals surface area contributed by atoms with Crippen molar-refractivity contribution >= 4 is 5.97 Å². The van der Waals surface area contributed by atoms with Gasteiger partial charge in [0.05, 0.1) is 18.4 Å². The normalized spacial score (nSPS) is 15.4. The predicted octanol–water partition coefficient (Wildman–Crippen LogP) is 3.94. The number of ether oxygens (including phenoxy) is 1. The minimum atomic E-state index is -4.34. The van der Waals surface area contributed by atoms with Gasteiger partial charge in [0.2, 0.25) is 0 Å². The lowest BCUT2D eigenvalue weighted by atomic mass is 9.89. The van der Waals surface area contributed by atoms with E-state index in [1.165, 1.54) is 0 Å². The number of alkyl halides is 3. The molecule has 0 spiro atoms. The molecule has 0 aromatic heterocycles. The molecule has 0 N–H and O–H groups in total. The van der Waals surface area contributed by atoms with E-state index in [1.807, 2.05) is 13.8 Å². The lowest BCUT2D eigenvalue weighted by molar-refractivity contribution is -0.195. The molecule has 0 amide bonds. The topological polar surface area (TPSA) is 26.3 Å². The van der Waals surface area contributed by atoms with Crippen LogP contribution in [0.15, 0.2) is 0 Å². The maximum absolute atomic E-state index is 12.6. The van der Waals surface area contributed by atoms with Crippen LogP contribution in [0.4, 0.5) is 13.2 Å². The maximum Gasteiger partial charge on any atom is 0.392 e. The molecule has 0 aliphatic carbocycles. The largest absolute Gasteiger partial charge is 0.465 e. The summed E-state index contributed by atoms with van der Waals surface area (Å²) in [5.41, 5.74) is 0. The number of unbranched alkanes of at least 4 members (excludes halogenated alkanes) is 1. The summed E-state index contributed by atoms with van der Waals surface area (Å²) in [4.78, 5) is 11.6. The van der Waals surface area contributed by atoms with Gasteiger partial charge in [-0.1, -0.05) is 33.6 Å². The third-order valence-electron chi connectivity index (χ3n) is 2.74. The van der Waals surface area contributed by atoms with E-state index in [0.29, 0.717) is 12.8 Å². The molecule has 2 unspecified atom stereocenters. The molecule has 0 aromatic carbocycles. The van der Waals surface area contributed by atoms with E-state index >= 15 is 0 Å². The van der Waals surface area contributed by atoms with Crippen molar-refractivity contribution in [2.75, 3.05) is 6.61 Å². The van der Waals surface area contributed by atoms with Gasteiger partial charge >= 0.3 is 12.1 Å². The molecule has 0 fully saturated rings. The van der Waals surface area contributed by atoms with Gasteiger partial charge in [0.15, 0.2) is 0 Å². The second kappa shape index (κ2) is 7.56. The van der Waals surface area contributed by atoms with Crippen LogP contribution < -0.4 is 0 Å². The Hall–Kier alpha value is -0.740. The highest BCUT2D eigenvalue weighted by Crippen LogP contribution is 2.34. The zero-order valence-corrected chi connectivity index (χ0v) is 10.6. The van der Waals surface area contributed by atoms with Crippen molar-refractivity contribution in [3.63, 3.8) is 0 Å². The van der Waals surface area contributed by atoms with E-state index in [4.69, 9.17) is 4.74 Å². The van der Waals surface area contributed by atoms with E-state index in [9.17, 15) is 18.0 Å². The Bertz CT molecular complexity index is 226. The highest BCUT2D eigenvalue weighted by molar-refractivity contribution is 5.72. The summed E-state index contributed by atoms with van der Waals surface area (Å²) in [6, 6.07) is 0. The first-order chi connectivity index (χ1) is 7.84. The first kappa shape index (κ1) is 16.3. The van der Waals surface area contributed by atoms with Crippen molar-refractivity contribution in [2.24, 2.45) is 11.8 Å². The van der Waals surface area contributed by atoms with Crippen molar-refractivity contribution in [1.82, 2.24) is 0 Å². The second-order valence-corrected chi connectivity index (χ2v) is 4.25. The van der Waals surface area contributed by atoms with Crippen LogP contribution in [-0.4, -0.2) is 18.8 Å². The molecule has 0 saturated carbocycles. The molecule has 0 aliphatic heterocycles. The Balaban J connectivity index is 4.56. The van der Waals surface area contributed by atoms with E-state index in [1.54, 1.807) is 0 Å². The van der Waals surface area contributed by atoms with Crippen molar-refractivity contribution in [1.29, 1.82) is 0 Å². The molecule has 17 heavy (non-hydrogen) atoms.